The van der Waals surface area contributed by atoms with Gasteiger partial charge in [-0.2, -0.15) is 0 Å². The van der Waals surface area contributed by atoms with Crippen molar-refractivity contribution in [1.82, 2.24) is 10.2 Å². The molecule has 2 unspecified atom stereocenters. The van der Waals surface area contributed by atoms with Gasteiger partial charge in [-0.1, -0.05) is 0 Å². The van der Waals surface area contributed by atoms with Crippen LogP contribution in [0.5, 0.6) is 0 Å². The number of hydrogen-bond donors (Lipinski definition) is 1. The Balaban J connectivity index is 3.46. The summed E-state index contributed by atoms with van der Waals surface area (Å²) in [6, 6.07) is 0.954. The topological polar surface area (TPSA) is 24.5 Å². The summed E-state index contributed by atoms with van der Waals surface area (Å²) in [4.78, 5) is 2.18. The van der Waals surface area contributed by atoms with Crippen LogP contribution in [0.1, 0.15) is 13.8 Å². The Bertz CT molecular complexity index is 107. The van der Waals surface area contributed by atoms with E-state index in [0.29, 0.717) is 12.1 Å². The van der Waals surface area contributed by atoms with Gasteiger partial charge in [0.25, 0.3) is 0 Å². The summed E-state index contributed by atoms with van der Waals surface area (Å²) in [6.45, 7) is 6.16. The zero-order valence-electron chi connectivity index (χ0n) is 8.92. The van der Waals surface area contributed by atoms with Gasteiger partial charge in [0.2, 0.25) is 0 Å². The van der Waals surface area contributed by atoms with Crippen molar-refractivity contribution in [3.05, 3.63) is 0 Å². The van der Waals surface area contributed by atoms with E-state index in [9.17, 15) is 0 Å². The molecule has 12 heavy (non-hydrogen) atoms. The second-order valence-electron chi connectivity index (χ2n) is 3.69. The molecule has 3 nitrogen and oxygen atoms in total. The highest BCUT2D eigenvalue weighted by atomic mass is 16.5. The molecule has 0 aromatic heterocycles. The quantitative estimate of drug-likeness (QED) is 0.637. The van der Waals surface area contributed by atoms with Crippen LogP contribution in [0.4, 0.5) is 0 Å². The lowest BCUT2D eigenvalue weighted by Gasteiger charge is -2.22. The fourth-order valence-electron chi connectivity index (χ4n) is 1.38. The molecule has 0 bridgehead atoms. The summed E-state index contributed by atoms with van der Waals surface area (Å²) in [7, 11) is 5.90. The van der Waals surface area contributed by atoms with Crippen LogP contribution in [0.25, 0.3) is 0 Å². The third-order valence-electron chi connectivity index (χ3n) is 1.62. The molecule has 0 saturated carbocycles. The number of likely N-dealkylation sites (N-methyl/N-ethyl adjacent to an activating group) is 1. The molecule has 0 aromatic carbocycles. The minimum absolute atomic E-state index is 0.435. The average molecular weight is 174 g/mol. The molecular formula is C9H22N2O. The van der Waals surface area contributed by atoms with E-state index in [1.165, 1.54) is 0 Å². The summed E-state index contributed by atoms with van der Waals surface area (Å²) >= 11 is 0. The maximum absolute atomic E-state index is 5.03. The molecule has 2 atom stereocenters. The second-order valence-corrected chi connectivity index (χ2v) is 3.69. The number of rotatable bonds is 6. The molecule has 0 fully saturated rings. The van der Waals surface area contributed by atoms with Gasteiger partial charge in [0.1, 0.15) is 0 Å². The lowest BCUT2D eigenvalue weighted by Crippen LogP contribution is -2.42. The Labute approximate surface area is 76.1 Å². The molecule has 0 rings (SSSR count). The summed E-state index contributed by atoms with van der Waals surface area (Å²) in [6.07, 6.45) is 0. The summed E-state index contributed by atoms with van der Waals surface area (Å²) in [5, 5.41) is 3.45. The zero-order chi connectivity index (χ0) is 9.56. The highest BCUT2D eigenvalue weighted by Gasteiger charge is 2.06. The van der Waals surface area contributed by atoms with Crippen molar-refractivity contribution in [2.45, 2.75) is 25.9 Å². The summed E-state index contributed by atoms with van der Waals surface area (Å²) in [5.74, 6) is 0. The molecule has 0 aromatic rings. The van der Waals surface area contributed by atoms with E-state index in [4.69, 9.17) is 4.74 Å². The van der Waals surface area contributed by atoms with Crippen LogP contribution in [-0.4, -0.2) is 51.3 Å². The fourth-order valence-corrected chi connectivity index (χ4v) is 1.38. The van der Waals surface area contributed by atoms with Crippen LogP contribution in [0, 0.1) is 0 Å². The van der Waals surface area contributed by atoms with E-state index >= 15 is 0 Å². The molecule has 3 heteroatoms. The van der Waals surface area contributed by atoms with Crippen molar-refractivity contribution in [1.29, 1.82) is 0 Å². The van der Waals surface area contributed by atoms with E-state index in [1.54, 1.807) is 7.11 Å². The van der Waals surface area contributed by atoms with Gasteiger partial charge in [-0.3, -0.25) is 0 Å². The summed E-state index contributed by atoms with van der Waals surface area (Å²) < 4.78 is 5.03. The molecule has 0 aliphatic carbocycles. The standard InChI is InChI=1S/C9H22N2O/c1-8(6-11(3)4)10-9(2)7-12-5/h8-10H,6-7H2,1-5H3. The van der Waals surface area contributed by atoms with E-state index < -0.39 is 0 Å². The molecule has 0 saturated heterocycles. The molecule has 1 N–H and O–H groups in total. The van der Waals surface area contributed by atoms with Gasteiger partial charge in [-0.25, -0.2) is 0 Å². The molecule has 0 aliphatic rings. The van der Waals surface area contributed by atoms with Crippen molar-refractivity contribution in [3.63, 3.8) is 0 Å². The van der Waals surface area contributed by atoms with E-state index in [2.05, 4.69) is 38.2 Å². The minimum atomic E-state index is 0.435. The van der Waals surface area contributed by atoms with Gasteiger partial charge < -0.3 is 15.0 Å². The van der Waals surface area contributed by atoms with Crippen LogP contribution in [0.2, 0.25) is 0 Å². The Morgan fingerprint density at radius 1 is 1.25 bits per heavy atom. The van der Waals surface area contributed by atoms with Gasteiger partial charge in [-0.15, -0.1) is 0 Å². The van der Waals surface area contributed by atoms with Crippen LogP contribution in [-0.2, 0) is 4.74 Å². The first-order valence-corrected chi connectivity index (χ1v) is 4.46. The monoisotopic (exact) mass is 174 g/mol. The molecule has 0 radical (unpaired) electrons. The van der Waals surface area contributed by atoms with Gasteiger partial charge in [-0.05, 0) is 27.9 Å². The third kappa shape index (κ3) is 6.58. The maximum Gasteiger partial charge on any atom is 0.0613 e. The van der Waals surface area contributed by atoms with Gasteiger partial charge in [0, 0.05) is 25.7 Å². The Morgan fingerprint density at radius 2 is 1.83 bits per heavy atom. The third-order valence-corrected chi connectivity index (χ3v) is 1.62. The summed E-state index contributed by atoms with van der Waals surface area (Å²) in [5.41, 5.74) is 0. The van der Waals surface area contributed by atoms with Crippen molar-refractivity contribution in [3.8, 4) is 0 Å². The number of nitrogens with one attached hydrogen (secondary N) is 1. The number of ether oxygens (including phenoxy) is 1. The second kappa shape index (κ2) is 6.40. The SMILES string of the molecule is COCC(C)NC(C)CN(C)C. The van der Waals surface area contributed by atoms with Crippen LogP contribution in [0.15, 0.2) is 0 Å². The first-order chi connectivity index (χ1) is 5.56. The minimum Gasteiger partial charge on any atom is -0.383 e. The Morgan fingerprint density at radius 3 is 2.25 bits per heavy atom. The van der Waals surface area contributed by atoms with Gasteiger partial charge in [0.05, 0.1) is 6.61 Å². The maximum atomic E-state index is 5.03. The normalized spacial score (nSPS) is 16.5. The van der Waals surface area contributed by atoms with E-state index in [-0.39, 0.29) is 0 Å². The predicted molar refractivity (Wildman–Crippen MR) is 52.5 cm³/mol. The fraction of sp³-hybridized carbons (Fsp3) is 1.00. The number of nitrogens with zero attached hydrogens (tertiary/aromatic N) is 1. The predicted octanol–water partition coefficient (Wildman–Crippen LogP) is 0.561. The molecule has 0 amide bonds. The molecular weight excluding hydrogens is 152 g/mol. The molecule has 0 aliphatic heterocycles. The average Bonchev–Trinajstić information content (AvgIpc) is 1.84. The highest BCUT2D eigenvalue weighted by molar-refractivity contribution is 4.68. The van der Waals surface area contributed by atoms with Crippen molar-refractivity contribution in [2.75, 3.05) is 34.4 Å². The Hall–Kier alpha value is -0.120. The van der Waals surface area contributed by atoms with Gasteiger partial charge >= 0.3 is 0 Å². The van der Waals surface area contributed by atoms with E-state index in [1.807, 2.05) is 0 Å². The van der Waals surface area contributed by atoms with Crippen molar-refractivity contribution < 1.29 is 4.74 Å². The van der Waals surface area contributed by atoms with Gasteiger partial charge in [0.15, 0.2) is 0 Å². The first-order valence-electron chi connectivity index (χ1n) is 4.46. The lowest BCUT2D eigenvalue weighted by atomic mass is 10.2. The largest absolute Gasteiger partial charge is 0.383 e. The molecule has 74 valence electrons. The number of methoxy groups -OCH3 is 1. The smallest absolute Gasteiger partial charge is 0.0613 e. The highest BCUT2D eigenvalue weighted by Crippen LogP contribution is 1.89. The van der Waals surface area contributed by atoms with Crippen molar-refractivity contribution in [2.24, 2.45) is 0 Å². The lowest BCUT2D eigenvalue weighted by molar-refractivity contribution is 0.164. The molecule has 0 spiro atoms. The van der Waals surface area contributed by atoms with Crippen LogP contribution < -0.4 is 5.32 Å². The zero-order valence-corrected chi connectivity index (χ0v) is 8.92. The van der Waals surface area contributed by atoms with Crippen LogP contribution >= 0.6 is 0 Å². The molecule has 0 heterocycles. The van der Waals surface area contributed by atoms with E-state index in [0.717, 1.165) is 13.2 Å². The van der Waals surface area contributed by atoms with Crippen molar-refractivity contribution >= 4 is 0 Å². The van der Waals surface area contributed by atoms with Crippen LogP contribution in [0.3, 0.4) is 0 Å². The Kier molecular flexibility index (Phi) is 6.34. The first kappa shape index (κ1) is 11.9. The number of hydrogen-bond acceptors (Lipinski definition) is 3.